The molecule has 0 fully saturated rings. The molecule has 1 heterocycles. The molecule has 0 aliphatic carbocycles. The van der Waals surface area contributed by atoms with Gasteiger partial charge in [0.2, 0.25) is 0 Å². The summed E-state index contributed by atoms with van der Waals surface area (Å²) in [6.45, 7) is 7.69. The van der Waals surface area contributed by atoms with Gasteiger partial charge in [0.15, 0.2) is 0 Å². The molecule has 1 aliphatic heterocycles. The molecule has 0 bridgehead atoms. The second-order valence-electron chi connectivity index (χ2n) is 5.25. The number of aromatic carboxylic acids is 1. The van der Waals surface area contributed by atoms with Crippen LogP contribution in [-0.4, -0.2) is 21.0 Å². The van der Waals surface area contributed by atoms with Crippen molar-refractivity contribution in [1.82, 2.24) is 0 Å². The van der Waals surface area contributed by atoms with Crippen molar-refractivity contribution < 1.29 is 14.1 Å². The van der Waals surface area contributed by atoms with Crippen molar-refractivity contribution in [2.24, 2.45) is 0 Å². The SMILES string of the molecule is Cc1cc(C(=O)O)c(C)c2c1S(=O)CC2(C)C. The molecule has 1 N–H and O–H groups in total. The van der Waals surface area contributed by atoms with E-state index < -0.39 is 16.8 Å². The lowest BCUT2D eigenvalue weighted by Crippen LogP contribution is -2.20. The first kappa shape index (κ1) is 12.3. The van der Waals surface area contributed by atoms with Crippen molar-refractivity contribution in [3.05, 3.63) is 28.3 Å². The number of fused-ring (bicyclic) bond motifs is 1. The van der Waals surface area contributed by atoms with E-state index in [4.69, 9.17) is 0 Å². The Morgan fingerprint density at radius 3 is 2.53 bits per heavy atom. The first-order valence-corrected chi connectivity index (χ1v) is 6.84. The normalized spacial score (nSPS) is 21.3. The molecule has 0 saturated heterocycles. The molecule has 1 aromatic carbocycles. The quantitative estimate of drug-likeness (QED) is 0.835. The lowest BCUT2D eigenvalue weighted by molar-refractivity contribution is 0.0695. The Morgan fingerprint density at radius 1 is 1.41 bits per heavy atom. The van der Waals surface area contributed by atoms with Crippen LogP contribution in [0, 0.1) is 13.8 Å². The van der Waals surface area contributed by atoms with Gasteiger partial charge >= 0.3 is 5.97 Å². The predicted molar refractivity (Wildman–Crippen MR) is 67.2 cm³/mol. The summed E-state index contributed by atoms with van der Waals surface area (Å²) in [6.07, 6.45) is 0. The van der Waals surface area contributed by atoms with E-state index in [1.165, 1.54) is 0 Å². The van der Waals surface area contributed by atoms with Gasteiger partial charge in [-0.2, -0.15) is 0 Å². The van der Waals surface area contributed by atoms with E-state index in [0.717, 1.165) is 21.6 Å². The van der Waals surface area contributed by atoms with E-state index in [2.05, 4.69) is 0 Å². The summed E-state index contributed by atoms with van der Waals surface area (Å²) in [7, 11) is -1.00. The van der Waals surface area contributed by atoms with Crippen molar-refractivity contribution in [3.8, 4) is 0 Å². The summed E-state index contributed by atoms with van der Waals surface area (Å²) in [6, 6.07) is 1.63. The van der Waals surface area contributed by atoms with Crippen LogP contribution in [0.15, 0.2) is 11.0 Å². The average molecular weight is 252 g/mol. The molecule has 4 heteroatoms. The number of rotatable bonds is 1. The van der Waals surface area contributed by atoms with Crippen LogP contribution in [0.5, 0.6) is 0 Å². The summed E-state index contributed by atoms with van der Waals surface area (Å²) in [5.41, 5.74) is 2.67. The third kappa shape index (κ3) is 1.71. The molecule has 92 valence electrons. The minimum atomic E-state index is -1.00. The maximum atomic E-state index is 12.1. The van der Waals surface area contributed by atoms with Gasteiger partial charge in [0, 0.05) is 16.1 Å². The van der Waals surface area contributed by atoms with Gasteiger partial charge in [-0.25, -0.2) is 4.79 Å². The van der Waals surface area contributed by atoms with E-state index in [1.807, 2.05) is 27.7 Å². The van der Waals surface area contributed by atoms with Crippen molar-refractivity contribution in [2.45, 2.75) is 38.0 Å². The lowest BCUT2D eigenvalue weighted by Gasteiger charge is -2.21. The lowest BCUT2D eigenvalue weighted by atomic mass is 9.81. The molecular formula is C13H16O3S. The predicted octanol–water partition coefficient (Wildman–Crippen LogP) is 2.40. The molecule has 0 saturated carbocycles. The average Bonchev–Trinajstić information content (AvgIpc) is 2.42. The van der Waals surface area contributed by atoms with Gasteiger partial charge in [-0.3, -0.25) is 4.21 Å². The molecule has 1 aromatic rings. The van der Waals surface area contributed by atoms with Crippen molar-refractivity contribution in [2.75, 3.05) is 5.75 Å². The van der Waals surface area contributed by atoms with Gasteiger partial charge in [0.25, 0.3) is 0 Å². The Labute approximate surface area is 103 Å². The Kier molecular flexibility index (Phi) is 2.65. The standard InChI is InChI=1S/C13H16O3S/c1-7-5-9(12(14)15)8(2)10-11(7)17(16)6-13(10,3)4/h5H,6H2,1-4H3,(H,14,15). The number of carbonyl (C=O) groups is 1. The summed E-state index contributed by atoms with van der Waals surface area (Å²) in [5, 5.41) is 9.18. The monoisotopic (exact) mass is 252 g/mol. The molecule has 17 heavy (non-hydrogen) atoms. The van der Waals surface area contributed by atoms with Crippen LogP contribution in [0.25, 0.3) is 0 Å². The van der Waals surface area contributed by atoms with Gasteiger partial charge < -0.3 is 5.11 Å². The summed E-state index contributed by atoms with van der Waals surface area (Å²) >= 11 is 0. The molecule has 2 rings (SSSR count). The molecule has 0 amide bonds. The van der Waals surface area contributed by atoms with E-state index in [1.54, 1.807) is 6.07 Å². The summed E-state index contributed by atoms with van der Waals surface area (Å²) in [5.74, 6) is -0.338. The molecular weight excluding hydrogens is 236 g/mol. The highest BCUT2D eigenvalue weighted by atomic mass is 32.2. The molecule has 3 nitrogen and oxygen atoms in total. The molecule has 1 unspecified atom stereocenters. The van der Waals surface area contributed by atoms with Gasteiger partial charge in [0.1, 0.15) is 0 Å². The van der Waals surface area contributed by atoms with Crippen molar-refractivity contribution in [1.29, 1.82) is 0 Å². The summed E-state index contributed by atoms with van der Waals surface area (Å²) < 4.78 is 12.1. The highest BCUT2D eigenvalue weighted by Crippen LogP contribution is 2.42. The second kappa shape index (κ2) is 3.67. The van der Waals surface area contributed by atoms with Crippen molar-refractivity contribution >= 4 is 16.8 Å². The third-order valence-electron chi connectivity index (χ3n) is 3.35. The Bertz CT molecular complexity index is 544. The van der Waals surface area contributed by atoms with Gasteiger partial charge in [-0.1, -0.05) is 13.8 Å². The molecule has 1 atom stereocenters. The number of carboxylic acids is 1. The van der Waals surface area contributed by atoms with Crippen LogP contribution >= 0.6 is 0 Å². The Morgan fingerprint density at radius 2 is 2.00 bits per heavy atom. The zero-order chi connectivity index (χ0) is 13.0. The van der Waals surface area contributed by atoms with Crippen LogP contribution in [0.2, 0.25) is 0 Å². The first-order valence-electron chi connectivity index (χ1n) is 5.52. The zero-order valence-corrected chi connectivity index (χ0v) is 11.3. The third-order valence-corrected chi connectivity index (χ3v) is 5.32. The highest BCUT2D eigenvalue weighted by Gasteiger charge is 2.38. The van der Waals surface area contributed by atoms with E-state index >= 15 is 0 Å². The Hall–Kier alpha value is -1.16. The zero-order valence-electron chi connectivity index (χ0n) is 10.5. The van der Waals surface area contributed by atoms with Gasteiger partial charge in [-0.15, -0.1) is 0 Å². The van der Waals surface area contributed by atoms with Crippen molar-refractivity contribution in [3.63, 3.8) is 0 Å². The fraction of sp³-hybridized carbons (Fsp3) is 0.462. The highest BCUT2D eigenvalue weighted by molar-refractivity contribution is 7.85. The minimum absolute atomic E-state index is 0.208. The summed E-state index contributed by atoms with van der Waals surface area (Å²) in [4.78, 5) is 12.0. The first-order chi connectivity index (χ1) is 7.75. The van der Waals surface area contributed by atoms with Crippen LogP contribution in [0.3, 0.4) is 0 Å². The fourth-order valence-corrected chi connectivity index (χ4v) is 4.71. The number of hydrogen-bond acceptors (Lipinski definition) is 2. The van der Waals surface area contributed by atoms with Crippen LogP contribution in [0.1, 0.15) is 40.9 Å². The minimum Gasteiger partial charge on any atom is -0.478 e. The molecule has 1 aliphatic rings. The fourth-order valence-electron chi connectivity index (χ4n) is 2.69. The van der Waals surface area contributed by atoms with Gasteiger partial charge in [-0.05, 0) is 36.6 Å². The number of aryl methyl sites for hydroxylation is 1. The smallest absolute Gasteiger partial charge is 0.335 e. The van der Waals surface area contributed by atoms with E-state index in [9.17, 15) is 14.1 Å². The van der Waals surface area contributed by atoms with Crippen LogP contribution < -0.4 is 0 Å². The maximum Gasteiger partial charge on any atom is 0.335 e. The topological polar surface area (TPSA) is 54.4 Å². The van der Waals surface area contributed by atoms with E-state index in [-0.39, 0.29) is 5.41 Å². The van der Waals surface area contributed by atoms with Crippen LogP contribution in [-0.2, 0) is 16.2 Å². The number of hydrogen-bond donors (Lipinski definition) is 1. The van der Waals surface area contributed by atoms with Crippen LogP contribution in [0.4, 0.5) is 0 Å². The largest absolute Gasteiger partial charge is 0.478 e. The molecule has 0 spiro atoms. The van der Waals surface area contributed by atoms with Gasteiger partial charge in [0.05, 0.1) is 16.4 Å². The number of carboxylic acid groups (broad SMARTS) is 1. The van der Waals surface area contributed by atoms with E-state index in [0.29, 0.717) is 11.3 Å². The number of benzene rings is 1. The molecule has 0 aromatic heterocycles. The second-order valence-corrected chi connectivity index (χ2v) is 6.64. The maximum absolute atomic E-state index is 12.1. The molecule has 0 radical (unpaired) electrons. The Balaban J connectivity index is 2.85.